The number of anilines is 1. The highest BCUT2D eigenvalue weighted by Gasteiger charge is 2.19. The van der Waals surface area contributed by atoms with Gasteiger partial charge in [-0.15, -0.1) is 0 Å². The molecule has 0 saturated heterocycles. The Bertz CT molecular complexity index is 1300. The Morgan fingerprint density at radius 2 is 1.97 bits per heavy atom. The van der Waals surface area contributed by atoms with Crippen molar-refractivity contribution in [2.45, 2.75) is 24.9 Å². The molecule has 10 nitrogen and oxygen atoms in total. The van der Waals surface area contributed by atoms with E-state index in [1.54, 1.807) is 19.1 Å². The quantitative estimate of drug-likeness (QED) is 0.461. The Balaban J connectivity index is 1.59. The summed E-state index contributed by atoms with van der Waals surface area (Å²) in [6, 6.07) is 9.39. The van der Waals surface area contributed by atoms with Crippen LogP contribution in [0, 0.1) is 12.7 Å². The number of aryl methyl sites for hydroxylation is 1. The summed E-state index contributed by atoms with van der Waals surface area (Å²) in [7, 11) is -2.43. The number of urea groups is 1. The van der Waals surface area contributed by atoms with E-state index in [1.165, 1.54) is 42.3 Å². The van der Waals surface area contributed by atoms with Gasteiger partial charge in [-0.2, -0.15) is 4.37 Å². The number of carbonyl (C=O) groups excluding carboxylic acids is 2. The molecular weight excluding hydrogens is 471 g/mol. The molecule has 1 aromatic heterocycles. The van der Waals surface area contributed by atoms with Gasteiger partial charge < -0.3 is 10.2 Å². The van der Waals surface area contributed by atoms with Crippen LogP contribution in [0.5, 0.6) is 0 Å². The van der Waals surface area contributed by atoms with Crippen molar-refractivity contribution in [3.8, 4) is 0 Å². The fraction of sp³-hybridized carbons (Fsp3) is 0.200. The number of sulfonamides is 1. The topological polar surface area (TPSA) is 147 Å². The molecule has 13 heteroatoms. The highest BCUT2D eigenvalue weighted by Crippen LogP contribution is 2.18. The molecule has 0 spiro atoms. The second-order valence-electron chi connectivity index (χ2n) is 7.14. The van der Waals surface area contributed by atoms with Crippen molar-refractivity contribution >= 4 is 38.6 Å². The molecule has 0 fully saturated rings. The smallest absolute Gasteiger partial charge is 0.321 e. The van der Waals surface area contributed by atoms with Gasteiger partial charge in [-0.05, 0) is 42.3 Å². The molecule has 0 radical (unpaired) electrons. The summed E-state index contributed by atoms with van der Waals surface area (Å²) in [6.07, 6.45) is 0. The number of hydrogen-bond donors (Lipinski definition) is 3. The molecule has 0 atom stereocenters. The van der Waals surface area contributed by atoms with E-state index in [1.807, 2.05) is 0 Å². The van der Waals surface area contributed by atoms with Crippen molar-refractivity contribution in [2.75, 3.05) is 12.4 Å². The predicted octanol–water partition coefficient (Wildman–Crippen LogP) is 2.23. The summed E-state index contributed by atoms with van der Waals surface area (Å²) in [5.74, 6) is -0.541. The fourth-order valence-electron chi connectivity index (χ4n) is 2.84. The standard InChI is InChI=1S/C20H21FN6O4S2/c1-12-6-7-15(33(22,30)31)9-16(12)18(28)27(2)11-17-24-20(32-26-17)25-19(29)23-10-13-4-3-5-14(21)8-13/h3-9H,10-11H2,1-2H3,(H2,22,30,31)(H2,23,24,25,26,29). The third-order valence-electron chi connectivity index (χ3n) is 4.52. The SMILES string of the molecule is Cc1ccc(S(N)(=O)=O)cc1C(=O)N(C)Cc1nsc(NC(=O)NCc2cccc(F)c2)n1. The molecule has 0 unspecified atom stereocenters. The lowest BCUT2D eigenvalue weighted by molar-refractivity contribution is 0.0781. The maximum Gasteiger partial charge on any atom is 0.321 e. The van der Waals surface area contributed by atoms with Gasteiger partial charge in [0, 0.05) is 30.7 Å². The summed E-state index contributed by atoms with van der Waals surface area (Å²) in [6.45, 7) is 1.84. The number of rotatable bonds is 7. The minimum atomic E-state index is -3.95. The third kappa shape index (κ3) is 6.54. The van der Waals surface area contributed by atoms with Crippen LogP contribution < -0.4 is 15.8 Å². The normalized spacial score (nSPS) is 11.2. The van der Waals surface area contributed by atoms with Gasteiger partial charge in [0.2, 0.25) is 15.2 Å². The number of primary sulfonamides is 1. The van der Waals surface area contributed by atoms with E-state index < -0.39 is 27.8 Å². The zero-order valence-corrected chi connectivity index (χ0v) is 19.3. The van der Waals surface area contributed by atoms with Crippen molar-refractivity contribution < 1.29 is 22.4 Å². The van der Waals surface area contributed by atoms with Gasteiger partial charge in [-0.3, -0.25) is 10.1 Å². The van der Waals surface area contributed by atoms with Crippen molar-refractivity contribution in [3.05, 3.63) is 70.8 Å². The molecule has 3 rings (SSSR count). The van der Waals surface area contributed by atoms with E-state index in [0.29, 0.717) is 11.1 Å². The summed E-state index contributed by atoms with van der Waals surface area (Å²) < 4.78 is 40.5. The van der Waals surface area contributed by atoms with Crippen LogP contribution in [0.15, 0.2) is 47.4 Å². The average Bonchev–Trinajstić information content (AvgIpc) is 3.17. The summed E-state index contributed by atoms with van der Waals surface area (Å²) >= 11 is 0.934. The average molecular weight is 493 g/mol. The van der Waals surface area contributed by atoms with Crippen LogP contribution in [0.3, 0.4) is 0 Å². The third-order valence-corrected chi connectivity index (χ3v) is 6.10. The Morgan fingerprint density at radius 3 is 2.67 bits per heavy atom. The van der Waals surface area contributed by atoms with Crippen molar-refractivity contribution in [1.29, 1.82) is 0 Å². The number of benzene rings is 2. The van der Waals surface area contributed by atoms with Gasteiger partial charge in [0.1, 0.15) is 5.82 Å². The maximum atomic E-state index is 13.2. The molecule has 1 heterocycles. The molecule has 0 aliphatic rings. The Hall–Kier alpha value is -3.42. The minimum Gasteiger partial charge on any atom is -0.334 e. The highest BCUT2D eigenvalue weighted by atomic mass is 32.2. The monoisotopic (exact) mass is 492 g/mol. The lowest BCUT2D eigenvalue weighted by Crippen LogP contribution is -2.28. The van der Waals surface area contributed by atoms with Crippen LogP contribution in [0.25, 0.3) is 0 Å². The Morgan fingerprint density at radius 1 is 1.21 bits per heavy atom. The van der Waals surface area contributed by atoms with E-state index in [-0.39, 0.29) is 34.5 Å². The van der Waals surface area contributed by atoms with Gasteiger partial charge in [0.25, 0.3) is 5.91 Å². The zero-order chi connectivity index (χ0) is 24.2. The van der Waals surface area contributed by atoms with E-state index in [2.05, 4.69) is 20.0 Å². The molecule has 0 bridgehead atoms. The first-order valence-electron chi connectivity index (χ1n) is 9.54. The van der Waals surface area contributed by atoms with Gasteiger partial charge in [0.05, 0.1) is 11.4 Å². The largest absolute Gasteiger partial charge is 0.334 e. The number of nitrogens with zero attached hydrogens (tertiary/aromatic N) is 3. The molecular formula is C20H21FN6O4S2. The summed E-state index contributed by atoms with van der Waals surface area (Å²) in [5, 5.41) is 10.5. The molecule has 3 aromatic rings. The molecule has 33 heavy (non-hydrogen) atoms. The fourth-order valence-corrected chi connectivity index (χ4v) is 3.95. The first-order chi connectivity index (χ1) is 15.5. The Labute approximate surface area is 193 Å². The maximum absolute atomic E-state index is 13.2. The molecule has 0 saturated carbocycles. The van der Waals surface area contributed by atoms with Gasteiger partial charge in [0.15, 0.2) is 5.82 Å². The zero-order valence-electron chi connectivity index (χ0n) is 17.7. The van der Waals surface area contributed by atoms with Crippen LogP contribution in [0.4, 0.5) is 14.3 Å². The first kappa shape index (κ1) is 24.2. The van der Waals surface area contributed by atoms with Crippen LogP contribution >= 0.6 is 11.5 Å². The lowest BCUT2D eigenvalue weighted by atomic mass is 10.1. The molecule has 0 aliphatic heterocycles. The van der Waals surface area contributed by atoms with E-state index in [0.717, 1.165) is 11.5 Å². The number of nitrogens with two attached hydrogens (primary N) is 1. The van der Waals surface area contributed by atoms with Crippen molar-refractivity contribution in [2.24, 2.45) is 5.14 Å². The first-order valence-corrected chi connectivity index (χ1v) is 11.9. The highest BCUT2D eigenvalue weighted by molar-refractivity contribution is 7.89. The summed E-state index contributed by atoms with van der Waals surface area (Å²) in [4.78, 5) is 30.2. The second-order valence-corrected chi connectivity index (χ2v) is 9.45. The van der Waals surface area contributed by atoms with E-state index in [4.69, 9.17) is 5.14 Å². The van der Waals surface area contributed by atoms with Crippen LogP contribution in [-0.2, 0) is 23.1 Å². The number of carbonyl (C=O) groups is 2. The molecule has 0 aliphatic carbocycles. The number of nitrogens with one attached hydrogen (secondary N) is 2. The van der Waals surface area contributed by atoms with Gasteiger partial charge in [-0.25, -0.2) is 27.7 Å². The van der Waals surface area contributed by atoms with E-state index in [9.17, 15) is 22.4 Å². The van der Waals surface area contributed by atoms with E-state index >= 15 is 0 Å². The molecule has 3 amide bonds. The van der Waals surface area contributed by atoms with Crippen LogP contribution in [0.1, 0.15) is 27.3 Å². The number of amides is 3. The predicted molar refractivity (Wildman–Crippen MR) is 121 cm³/mol. The number of hydrogen-bond acceptors (Lipinski definition) is 7. The second kappa shape index (κ2) is 10.0. The van der Waals surface area contributed by atoms with Crippen LogP contribution in [-0.4, -0.2) is 41.7 Å². The molecule has 4 N–H and O–H groups in total. The lowest BCUT2D eigenvalue weighted by Gasteiger charge is -2.17. The molecule has 2 aromatic carbocycles. The minimum absolute atomic E-state index is 0.0287. The Kier molecular flexibility index (Phi) is 7.36. The number of aromatic nitrogens is 2. The number of halogens is 1. The molecule has 174 valence electrons. The van der Waals surface area contributed by atoms with Gasteiger partial charge >= 0.3 is 6.03 Å². The van der Waals surface area contributed by atoms with Crippen molar-refractivity contribution in [3.63, 3.8) is 0 Å². The van der Waals surface area contributed by atoms with Crippen molar-refractivity contribution in [1.82, 2.24) is 19.6 Å². The van der Waals surface area contributed by atoms with Gasteiger partial charge in [-0.1, -0.05) is 18.2 Å². The summed E-state index contributed by atoms with van der Waals surface area (Å²) in [5.41, 5.74) is 1.38. The van der Waals surface area contributed by atoms with Crippen LogP contribution in [0.2, 0.25) is 0 Å².